The number of halogens is 2. The van der Waals surface area contributed by atoms with Crippen molar-refractivity contribution in [1.82, 2.24) is 0 Å². The summed E-state index contributed by atoms with van der Waals surface area (Å²) in [6.07, 6.45) is 0.188. The Labute approximate surface area is 205 Å². The van der Waals surface area contributed by atoms with Gasteiger partial charge >= 0.3 is 13.9 Å². The van der Waals surface area contributed by atoms with Crippen molar-refractivity contribution in [2.75, 3.05) is 0 Å². The molecule has 0 spiro atoms. The lowest BCUT2D eigenvalue weighted by Crippen LogP contribution is -2.16. The average molecular weight is 537 g/mol. The highest BCUT2D eigenvalue weighted by molar-refractivity contribution is 7.81. The van der Waals surface area contributed by atoms with Crippen LogP contribution in [0.15, 0.2) is 24.3 Å². The first-order chi connectivity index (χ1) is 14.7. The Kier molecular flexibility index (Phi) is 8.19. The Bertz CT molecular complexity index is 1050. The van der Waals surface area contributed by atoms with Gasteiger partial charge in [0.25, 0.3) is 0 Å². The van der Waals surface area contributed by atoms with Crippen LogP contribution in [0.4, 0.5) is 0 Å². The van der Waals surface area contributed by atoms with Crippen LogP contribution in [-0.2, 0) is 26.4 Å². The van der Waals surface area contributed by atoms with Gasteiger partial charge in [-0.15, -0.1) is 0 Å². The van der Waals surface area contributed by atoms with E-state index in [0.717, 1.165) is 11.1 Å². The van der Waals surface area contributed by atoms with Crippen LogP contribution in [0.3, 0.4) is 0 Å². The van der Waals surface area contributed by atoms with Crippen LogP contribution in [-0.4, -0.2) is 9.79 Å². The van der Waals surface area contributed by atoms with E-state index in [0.29, 0.717) is 22.3 Å². The molecule has 33 heavy (non-hydrogen) atoms. The summed E-state index contributed by atoms with van der Waals surface area (Å²) in [5.41, 5.74) is 3.61. The Morgan fingerprint density at radius 2 is 1.03 bits per heavy atom. The molecule has 6 nitrogen and oxygen atoms in total. The molecule has 0 saturated carbocycles. The van der Waals surface area contributed by atoms with E-state index in [1.165, 1.54) is 0 Å². The minimum Gasteiger partial charge on any atom is -0.413 e. The Balaban J connectivity index is 2.84. The molecule has 2 atom stereocenters. The van der Waals surface area contributed by atoms with Gasteiger partial charge in [0.05, 0.1) is 0 Å². The molecular formula is C23H32Cl2O6P2. The molecule has 2 aromatic rings. The molecule has 0 aliphatic rings. The van der Waals surface area contributed by atoms with Crippen molar-refractivity contribution in [2.45, 2.75) is 72.6 Å². The largest absolute Gasteiger partial charge is 0.474 e. The fourth-order valence-electron chi connectivity index (χ4n) is 3.72. The maximum atomic E-state index is 12.0. The topological polar surface area (TPSA) is 93.1 Å². The number of rotatable bonds is 6. The van der Waals surface area contributed by atoms with Crippen LogP contribution in [0.1, 0.15) is 74.9 Å². The number of hydrogen-bond donors (Lipinski definition) is 2. The zero-order valence-corrected chi connectivity index (χ0v) is 23.5. The van der Waals surface area contributed by atoms with E-state index in [2.05, 4.69) is 0 Å². The second kappa shape index (κ2) is 9.57. The zero-order valence-electron chi connectivity index (χ0n) is 20.2. The van der Waals surface area contributed by atoms with Crippen LogP contribution in [0, 0.1) is 13.8 Å². The Hall–Kier alpha value is -1.00. The summed E-state index contributed by atoms with van der Waals surface area (Å²) in [5.74, 6) is 0.411. The average Bonchev–Trinajstić information content (AvgIpc) is 2.55. The second-order valence-electron chi connectivity index (χ2n) is 10.4. The van der Waals surface area contributed by atoms with Gasteiger partial charge in [0.2, 0.25) is 0 Å². The van der Waals surface area contributed by atoms with Crippen molar-refractivity contribution in [3.63, 3.8) is 0 Å². The van der Waals surface area contributed by atoms with Gasteiger partial charge < -0.3 is 18.8 Å². The van der Waals surface area contributed by atoms with Crippen LogP contribution in [0.25, 0.3) is 0 Å². The molecule has 0 aliphatic carbocycles. The van der Waals surface area contributed by atoms with Crippen molar-refractivity contribution < 1.29 is 28.0 Å². The predicted molar refractivity (Wildman–Crippen MR) is 135 cm³/mol. The first-order valence-electron chi connectivity index (χ1n) is 10.4. The van der Waals surface area contributed by atoms with E-state index < -0.39 is 24.7 Å². The summed E-state index contributed by atoms with van der Waals surface area (Å²) in [4.78, 5) is 19.6. The molecule has 2 unspecified atom stereocenters. The number of benzene rings is 2. The van der Waals surface area contributed by atoms with Gasteiger partial charge in [-0.05, 0) is 35.8 Å². The maximum Gasteiger partial charge on any atom is 0.474 e. The minimum absolute atomic E-state index is 0.188. The van der Waals surface area contributed by atoms with Crippen molar-refractivity contribution in [3.05, 3.63) is 57.6 Å². The van der Waals surface area contributed by atoms with Crippen LogP contribution in [0.5, 0.6) is 11.5 Å². The number of aryl methyl sites for hydroxylation is 2. The van der Waals surface area contributed by atoms with Gasteiger partial charge in [0, 0.05) is 40.0 Å². The van der Waals surface area contributed by atoms with E-state index in [4.69, 9.17) is 31.5 Å². The van der Waals surface area contributed by atoms with E-state index in [-0.39, 0.29) is 17.9 Å². The standard InChI is InChI=1S/C23H32Cl2O6P2/c1-14-9-16(20(30-32(24,26)27)18(11-14)22(3,4)5)13-17-10-15(2)12-19(23(6,7)8)21(17)31-33(25,28)29/h9-12H,13H2,1-8H3,(H,26,27)(H,28,29). The van der Waals surface area contributed by atoms with Crippen LogP contribution < -0.4 is 9.05 Å². The smallest absolute Gasteiger partial charge is 0.413 e. The number of hydrogen-bond acceptors (Lipinski definition) is 4. The predicted octanol–water partition coefficient (Wildman–Crippen LogP) is 7.93. The molecule has 2 aromatic carbocycles. The molecule has 0 bridgehead atoms. The molecule has 184 valence electrons. The maximum absolute atomic E-state index is 12.0. The van der Waals surface area contributed by atoms with Gasteiger partial charge in [0.15, 0.2) is 0 Å². The van der Waals surface area contributed by atoms with Crippen molar-refractivity contribution in [2.24, 2.45) is 0 Å². The first-order valence-corrected chi connectivity index (χ1v) is 15.4. The monoisotopic (exact) mass is 536 g/mol. The molecule has 0 aliphatic heterocycles. The van der Waals surface area contributed by atoms with Gasteiger partial charge in [-0.2, -0.15) is 0 Å². The van der Waals surface area contributed by atoms with Gasteiger partial charge in [0.1, 0.15) is 11.5 Å². The highest BCUT2D eigenvalue weighted by Crippen LogP contribution is 2.53. The Morgan fingerprint density at radius 1 is 0.727 bits per heavy atom. The van der Waals surface area contributed by atoms with E-state index in [1.807, 2.05) is 79.7 Å². The minimum atomic E-state index is -4.39. The highest BCUT2D eigenvalue weighted by atomic mass is 35.7. The normalized spacial score (nSPS) is 16.1. The van der Waals surface area contributed by atoms with Crippen LogP contribution in [0.2, 0.25) is 0 Å². The summed E-state index contributed by atoms with van der Waals surface area (Å²) in [6.45, 7) is 6.82. The lowest BCUT2D eigenvalue weighted by atomic mass is 9.81. The molecule has 0 radical (unpaired) electrons. The summed E-state index contributed by atoms with van der Waals surface area (Å²) in [6, 6.07) is 7.44. The molecule has 0 aromatic heterocycles. The lowest BCUT2D eigenvalue weighted by molar-refractivity contribution is 0.392. The summed E-state index contributed by atoms with van der Waals surface area (Å²) in [5, 5.41) is 0. The molecule has 2 N–H and O–H groups in total. The van der Waals surface area contributed by atoms with Gasteiger partial charge in [-0.25, -0.2) is 9.13 Å². The Morgan fingerprint density at radius 3 is 1.27 bits per heavy atom. The fraction of sp³-hybridized carbons (Fsp3) is 0.478. The molecular weight excluding hydrogens is 505 g/mol. The third kappa shape index (κ3) is 8.02. The highest BCUT2D eigenvalue weighted by Gasteiger charge is 2.30. The molecule has 0 saturated heterocycles. The zero-order chi connectivity index (χ0) is 25.6. The SMILES string of the molecule is Cc1cc(Cc2cc(C)cc(C(C)(C)C)c2OP(=O)(O)Cl)c(OP(=O)(O)Cl)c(C(C)(C)C)c1. The molecule has 0 amide bonds. The summed E-state index contributed by atoms with van der Waals surface area (Å²) in [7, 11) is 0. The van der Waals surface area contributed by atoms with Crippen LogP contribution >= 0.6 is 36.4 Å². The summed E-state index contributed by atoms with van der Waals surface area (Å²) >= 11 is 11.2. The van der Waals surface area contributed by atoms with E-state index in [9.17, 15) is 18.9 Å². The summed E-state index contributed by atoms with van der Waals surface area (Å²) < 4.78 is 34.9. The molecule has 2 rings (SSSR count). The van der Waals surface area contributed by atoms with E-state index >= 15 is 0 Å². The van der Waals surface area contributed by atoms with Crippen molar-refractivity contribution in [3.8, 4) is 11.5 Å². The van der Waals surface area contributed by atoms with Gasteiger partial charge in [-0.3, -0.25) is 0 Å². The van der Waals surface area contributed by atoms with Gasteiger partial charge in [-0.1, -0.05) is 76.9 Å². The molecule has 10 heteroatoms. The third-order valence-electron chi connectivity index (χ3n) is 5.03. The lowest BCUT2D eigenvalue weighted by Gasteiger charge is -2.28. The van der Waals surface area contributed by atoms with E-state index in [1.54, 1.807) is 0 Å². The van der Waals surface area contributed by atoms with Crippen molar-refractivity contribution >= 4 is 36.4 Å². The quantitative estimate of drug-likeness (QED) is 0.364. The third-order valence-corrected chi connectivity index (χ3v) is 6.25. The fourth-order valence-corrected chi connectivity index (χ4v) is 5.01. The van der Waals surface area contributed by atoms with Crippen molar-refractivity contribution in [1.29, 1.82) is 0 Å². The molecule has 0 fully saturated rings. The first kappa shape index (κ1) is 28.2. The second-order valence-corrected chi connectivity index (χ2v) is 15.1. The molecule has 0 heterocycles.